The number of aromatic nitrogens is 5. The molecule has 2 saturated carbocycles. The number of fused-ring (bicyclic) bond motifs is 2. The predicted molar refractivity (Wildman–Crippen MR) is 170 cm³/mol. The van der Waals surface area contributed by atoms with Crippen molar-refractivity contribution in [3.8, 4) is 0 Å². The zero-order valence-corrected chi connectivity index (χ0v) is 28.1. The van der Waals surface area contributed by atoms with E-state index in [-0.39, 0.29) is 42.7 Å². The van der Waals surface area contributed by atoms with E-state index in [1.54, 1.807) is 54.4 Å². The third kappa shape index (κ3) is 6.23. The maximum Gasteiger partial charge on any atom is 0.417 e. The maximum atomic E-state index is 14.0. The van der Waals surface area contributed by atoms with Crippen molar-refractivity contribution >= 4 is 29.5 Å². The van der Waals surface area contributed by atoms with Gasteiger partial charge in [-0.2, -0.15) is 10.2 Å². The van der Waals surface area contributed by atoms with Gasteiger partial charge in [0.2, 0.25) is 5.91 Å². The van der Waals surface area contributed by atoms with Gasteiger partial charge in [-0.1, -0.05) is 19.8 Å². The molecule has 3 amide bonds. The van der Waals surface area contributed by atoms with E-state index >= 15 is 0 Å². The van der Waals surface area contributed by atoms with Gasteiger partial charge in [0, 0.05) is 25.7 Å². The van der Waals surface area contributed by atoms with Crippen LogP contribution < -0.4 is 5.32 Å². The zero-order valence-electron chi connectivity index (χ0n) is 28.1. The molecule has 13 heteroatoms. The molecular formula is C34H45N7O6. The zero-order chi connectivity index (χ0) is 33.7. The lowest BCUT2D eigenvalue weighted by molar-refractivity contribution is -0.167. The summed E-state index contributed by atoms with van der Waals surface area (Å²) < 4.78 is 14.0. The summed E-state index contributed by atoms with van der Waals surface area (Å²) in [5.74, 6) is -0.954. The van der Waals surface area contributed by atoms with Gasteiger partial charge in [0.15, 0.2) is 11.1 Å². The van der Waals surface area contributed by atoms with Crippen molar-refractivity contribution in [3.05, 3.63) is 47.7 Å². The number of imide groups is 1. The molecule has 3 aromatic rings. The molecule has 6 rings (SSSR count). The number of carbonyl (C=O) groups is 4. The van der Waals surface area contributed by atoms with Crippen molar-refractivity contribution in [3.63, 3.8) is 0 Å². The Kier molecular flexibility index (Phi) is 8.60. The minimum atomic E-state index is -1.60. The van der Waals surface area contributed by atoms with Crippen LogP contribution in [0.2, 0.25) is 0 Å². The molecule has 47 heavy (non-hydrogen) atoms. The van der Waals surface area contributed by atoms with Crippen LogP contribution in [0.15, 0.2) is 30.6 Å². The molecule has 4 heterocycles. The van der Waals surface area contributed by atoms with Gasteiger partial charge in [-0.15, -0.1) is 0 Å². The number of carbonyl (C=O) groups excluding carboxylic acids is 4. The van der Waals surface area contributed by atoms with Crippen molar-refractivity contribution in [1.29, 1.82) is 0 Å². The standard InChI is InChI=1S/C34H45N7O6/c1-7-40-26(14-15-35-40)29(42)37-28(21-10-8-20(2)9-11-21)25-19-41-27(36-25)13-12-23(38-41)17-34(31(44)46-6)24-16-22(24)18-39(30(34)43)32(45)47-33(3,4)5/h12-15,19-22,24,28H,7-11,16-18H2,1-6H3,(H,37,42)/t20?,21?,22?,24?,28-,34?/m0/s1. The number of hydrogen-bond acceptors (Lipinski definition) is 9. The van der Waals surface area contributed by atoms with Crippen LogP contribution in [0.25, 0.3) is 5.65 Å². The lowest BCUT2D eigenvalue weighted by atomic mass is 9.74. The highest BCUT2D eigenvalue weighted by Gasteiger charge is 2.68. The Morgan fingerprint density at radius 3 is 2.55 bits per heavy atom. The van der Waals surface area contributed by atoms with Gasteiger partial charge in [-0.25, -0.2) is 19.2 Å². The quantitative estimate of drug-likeness (QED) is 0.278. The molecule has 0 bridgehead atoms. The monoisotopic (exact) mass is 647 g/mol. The van der Waals surface area contributed by atoms with Gasteiger partial charge in [0.05, 0.1) is 30.7 Å². The second-order valence-electron chi connectivity index (χ2n) is 14.4. The first-order valence-electron chi connectivity index (χ1n) is 16.7. The fourth-order valence-electron chi connectivity index (χ4n) is 7.46. The van der Waals surface area contributed by atoms with Gasteiger partial charge in [0.1, 0.15) is 11.3 Å². The molecule has 0 radical (unpaired) electrons. The Bertz CT molecular complexity index is 1680. The number of rotatable bonds is 8. The van der Waals surface area contributed by atoms with E-state index < -0.39 is 29.0 Å². The van der Waals surface area contributed by atoms with Gasteiger partial charge in [0.25, 0.3) is 5.91 Å². The Labute approximate surface area is 274 Å². The molecular weight excluding hydrogens is 602 g/mol. The van der Waals surface area contributed by atoms with Crippen molar-refractivity contribution in [2.24, 2.45) is 29.1 Å². The van der Waals surface area contributed by atoms with Crippen LogP contribution in [0.5, 0.6) is 0 Å². The number of amides is 3. The second kappa shape index (κ2) is 12.4. The summed E-state index contributed by atoms with van der Waals surface area (Å²) in [7, 11) is 1.26. The second-order valence-corrected chi connectivity index (χ2v) is 14.4. The number of hydrogen-bond donors (Lipinski definition) is 1. The summed E-state index contributed by atoms with van der Waals surface area (Å²) in [5.41, 5.74) is -0.156. The molecule has 3 fully saturated rings. The molecule has 3 aliphatic rings. The fraction of sp³-hybridized carbons (Fsp3) is 0.618. The van der Waals surface area contributed by atoms with Gasteiger partial charge < -0.3 is 14.8 Å². The average molecular weight is 648 g/mol. The van der Waals surface area contributed by atoms with E-state index in [2.05, 4.69) is 17.3 Å². The van der Waals surface area contributed by atoms with E-state index in [0.29, 0.717) is 41.6 Å². The fourth-order valence-corrected chi connectivity index (χ4v) is 7.46. The molecule has 13 nitrogen and oxygen atoms in total. The molecule has 0 spiro atoms. The Morgan fingerprint density at radius 2 is 1.87 bits per heavy atom. The lowest BCUT2D eigenvalue weighted by Gasteiger charge is -2.38. The largest absolute Gasteiger partial charge is 0.468 e. The molecule has 4 atom stereocenters. The number of imidazole rings is 1. The third-order valence-electron chi connectivity index (χ3n) is 10.0. The molecule has 1 N–H and O–H groups in total. The van der Waals surface area contributed by atoms with E-state index in [1.165, 1.54) is 7.11 Å². The molecule has 1 saturated heterocycles. The molecule has 3 aromatic heterocycles. The number of esters is 1. The van der Waals surface area contributed by atoms with Crippen LogP contribution in [0, 0.1) is 29.1 Å². The van der Waals surface area contributed by atoms with E-state index in [9.17, 15) is 19.2 Å². The summed E-state index contributed by atoms with van der Waals surface area (Å²) in [6.07, 6.45) is 7.34. The molecule has 1 aliphatic heterocycles. The van der Waals surface area contributed by atoms with Crippen molar-refractivity contribution in [2.45, 2.75) is 91.3 Å². The Hall–Kier alpha value is -4.29. The number of nitrogens with zero attached hydrogens (tertiary/aromatic N) is 6. The van der Waals surface area contributed by atoms with Crippen LogP contribution in [0.4, 0.5) is 4.79 Å². The predicted octanol–water partition coefficient (Wildman–Crippen LogP) is 4.36. The molecule has 3 unspecified atom stereocenters. The highest BCUT2D eigenvalue weighted by atomic mass is 16.6. The van der Waals surface area contributed by atoms with Crippen molar-refractivity contribution in [1.82, 2.24) is 34.6 Å². The number of nitrogens with one attached hydrogen (secondary N) is 1. The number of likely N-dealkylation sites (tertiary alicyclic amines) is 1. The summed E-state index contributed by atoms with van der Waals surface area (Å²) in [6, 6.07) is 4.93. The van der Waals surface area contributed by atoms with Crippen LogP contribution >= 0.6 is 0 Å². The molecule has 252 valence electrons. The topological polar surface area (TPSA) is 150 Å². The van der Waals surface area contributed by atoms with Crippen LogP contribution in [0.3, 0.4) is 0 Å². The van der Waals surface area contributed by atoms with E-state index in [4.69, 9.17) is 19.6 Å². The van der Waals surface area contributed by atoms with Crippen LogP contribution in [-0.2, 0) is 32.0 Å². The van der Waals surface area contributed by atoms with Crippen LogP contribution in [-0.4, -0.2) is 72.4 Å². The highest BCUT2D eigenvalue weighted by Crippen LogP contribution is 2.57. The first-order chi connectivity index (χ1) is 22.3. The number of piperidine rings is 1. The summed E-state index contributed by atoms with van der Waals surface area (Å²) in [6.45, 7) is 10.2. The normalized spacial score (nSPS) is 26.4. The van der Waals surface area contributed by atoms with Crippen LogP contribution in [0.1, 0.15) is 94.6 Å². The van der Waals surface area contributed by atoms with Crippen molar-refractivity contribution < 1.29 is 28.7 Å². The number of methoxy groups -OCH3 is 1. The first-order valence-corrected chi connectivity index (χ1v) is 16.7. The SMILES string of the molecule is CCn1nccc1C(=O)N[C@H](c1cn2nc(CC3(C(=O)OC)C(=O)N(C(=O)OC(C)(C)C)CC4CC43)ccc2n1)C1CCC(C)CC1. The third-order valence-corrected chi connectivity index (χ3v) is 10.0. The molecule has 2 aliphatic carbocycles. The number of aryl methyl sites for hydroxylation is 1. The van der Waals surface area contributed by atoms with Gasteiger partial charge in [-0.05, 0) is 88.8 Å². The maximum absolute atomic E-state index is 14.0. The highest BCUT2D eigenvalue weighted by molar-refractivity contribution is 6.09. The minimum Gasteiger partial charge on any atom is -0.468 e. The Balaban J connectivity index is 1.31. The Morgan fingerprint density at radius 1 is 1.13 bits per heavy atom. The molecule has 0 aromatic carbocycles. The van der Waals surface area contributed by atoms with Gasteiger partial charge in [-0.3, -0.25) is 19.1 Å². The van der Waals surface area contributed by atoms with E-state index in [1.807, 2.05) is 13.1 Å². The summed E-state index contributed by atoms with van der Waals surface area (Å²) in [5, 5.41) is 12.3. The summed E-state index contributed by atoms with van der Waals surface area (Å²) >= 11 is 0. The van der Waals surface area contributed by atoms with E-state index in [0.717, 1.165) is 30.6 Å². The first kappa shape index (κ1) is 32.6. The van der Waals surface area contributed by atoms with Crippen molar-refractivity contribution in [2.75, 3.05) is 13.7 Å². The lowest BCUT2D eigenvalue weighted by Crippen LogP contribution is -2.58. The minimum absolute atomic E-state index is 0.0190. The smallest absolute Gasteiger partial charge is 0.417 e. The van der Waals surface area contributed by atoms with Gasteiger partial charge >= 0.3 is 12.1 Å². The average Bonchev–Trinajstić information content (AvgIpc) is 3.45. The number of ether oxygens (including phenoxy) is 2. The summed E-state index contributed by atoms with van der Waals surface area (Å²) in [4.78, 5) is 60.0.